The first-order valence-corrected chi connectivity index (χ1v) is 5.76. The van der Waals surface area contributed by atoms with Crippen molar-refractivity contribution < 1.29 is 19.1 Å². The first kappa shape index (κ1) is 19.3. The number of ether oxygens (including phenoxy) is 2. The minimum absolute atomic E-state index is 0. The van der Waals surface area contributed by atoms with Crippen LogP contribution in [0.5, 0.6) is 0 Å². The van der Waals surface area contributed by atoms with Crippen LogP contribution in [0.2, 0.25) is 0 Å². The van der Waals surface area contributed by atoms with Crippen molar-refractivity contribution in [3.8, 4) is 0 Å². The molecule has 1 atom stereocenters. The van der Waals surface area contributed by atoms with Gasteiger partial charge in [0, 0.05) is 12.8 Å². The summed E-state index contributed by atoms with van der Waals surface area (Å²) in [5.41, 5.74) is -0.183. The van der Waals surface area contributed by atoms with Gasteiger partial charge in [0.05, 0.1) is 6.61 Å². The van der Waals surface area contributed by atoms with Gasteiger partial charge in [-0.05, 0) is 32.6 Å². The van der Waals surface area contributed by atoms with Gasteiger partial charge in [0.25, 0.3) is 0 Å². The molecule has 2 aliphatic rings. The highest BCUT2D eigenvalue weighted by molar-refractivity contribution is 5.72. The third-order valence-electron chi connectivity index (χ3n) is 2.71. The van der Waals surface area contributed by atoms with Gasteiger partial charge < -0.3 is 9.47 Å². The maximum absolute atomic E-state index is 10.5. The SMILES string of the molecule is C.C.CC1(C)CCC(=O)O1.CC1CCOC(=O)C1. The van der Waals surface area contributed by atoms with Gasteiger partial charge in [0.1, 0.15) is 5.60 Å². The van der Waals surface area contributed by atoms with E-state index >= 15 is 0 Å². The highest BCUT2D eigenvalue weighted by Crippen LogP contribution is 2.24. The average molecular weight is 260 g/mol. The molecule has 0 N–H and O–H groups in total. The lowest BCUT2D eigenvalue weighted by Gasteiger charge is -2.16. The van der Waals surface area contributed by atoms with E-state index in [0.29, 0.717) is 25.4 Å². The van der Waals surface area contributed by atoms with Gasteiger partial charge in [0.15, 0.2) is 0 Å². The maximum Gasteiger partial charge on any atom is 0.306 e. The highest BCUT2D eigenvalue weighted by Gasteiger charge is 2.30. The van der Waals surface area contributed by atoms with Crippen molar-refractivity contribution in [2.24, 2.45) is 5.92 Å². The third kappa shape index (κ3) is 7.30. The van der Waals surface area contributed by atoms with Gasteiger partial charge >= 0.3 is 11.9 Å². The van der Waals surface area contributed by atoms with E-state index in [4.69, 9.17) is 9.47 Å². The molecule has 2 aliphatic heterocycles. The molecule has 0 radical (unpaired) electrons. The Morgan fingerprint density at radius 1 is 1.17 bits per heavy atom. The van der Waals surface area contributed by atoms with E-state index < -0.39 is 0 Å². The topological polar surface area (TPSA) is 52.6 Å². The van der Waals surface area contributed by atoms with Crippen molar-refractivity contribution in [2.75, 3.05) is 6.61 Å². The summed E-state index contributed by atoms with van der Waals surface area (Å²) in [6.07, 6.45) is 3.10. The summed E-state index contributed by atoms with van der Waals surface area (Å²) < 4.78 is 9.62. The number of cyclic esters (lactones) is 2. The number of carbonyl (C=O) groups excluding carboxylic acids is 2. The Balaban J connectivity index is 0. The zero-order chi connectivity index (χ0) is 12.2. The molecule has 2 rings (SSSR count). The van der Waals surface area contributed by atoms with Crippen LogP contribution in [0.15, 0.2) is 0 Å². The lowest BCUT2D eigenvalue weighted by Crippen LogP contribution is -2.18. The van der Waals surface area contributed by atoms with E-state index in [0.717, 1.165) is 12.8 Å². The van der Waals surface area contributed by atoms with Gasteiger partial charge in [0.2, 0.25) is 0 Å². The fourth-order valence-electron chi connectivity index (χ4n) is 1.63. The van der Waals surface area contributed by atoms with E-state index in [1.165, 1.54) is 0 Å². The fourth-order valence-corrected chi connectivity index (χ4v) is 1.63. The Labute approximate surface area is 111 Å². The Morgan fingerprint density at radius 2 is 1.78 bits per heavy atom. The summed E-state index contributed by atoms with van der Waals surface area (Å²) in [4.78, 5) is 20.9. The van der Waals surface area contributed by atoms with Crippen molar-refractivity contribution in [3.05, 3.63) is 0 Å². The smallest absolute Gasteiger partial charge is 0.306 e. The second kappa shape index (κ2) is 8.11. The molecule has 1 unspecified atom stereocenters. The monoisotopic (exact) mass is 260 g/mol. The lowest BCUT2D eigenvalue weighted by molar-refractivity contribution is -0.149. The molecule has 2 saturated heterocycles. The molecule has 0 aromatic carbocycles. The molecular formula is C14H28O4. The third-order valence-corrected chi connectivity index (χ3v) is 2.71. The molecule has 0 aromatic rings. The van der Waals surface area contributed by atoms with E-state index in [1.807, 2.05) is 13.8 Å². The molecular weight excluding hydrogens is 232 g/mol. The fraction of sp³-hybridized carbons (Fsp3) is 0.857. The first-order chi connectivity index (χ1) is 7.39. The van der Waals surface area contributed by atoms with Crippen LogP contribution in [0.1, 0.15) is 61.3 Å². The summed E-state index contributed by atoms with van der Waals surface area (Å²) in [5.74, 6) is 0.440. The number of hydrogen-bond acceptors (Lipinski definition) is 4. The summed E-state index contributed by atoms with van der Waals surface area (Å²) in [6, 6.07) is 0. The average Bonchev–Trinajstić information content (AvgIpc) is 2.44. The molecule has 108 valence electrons. The lowest BCUT2D eigenvalue weighted by atomic mass is 10.0. The van der Waals surface area contributed by atoms with E-state index in [1.54, 1.807) is 0 Å². The van der Waals surface area contributed by atoms with Gasteiger partial charge in [-0.25, -0.2) is 0 Å². The molecule has 2 fully saturated rings. The maximum atomic E-state index is 10.5. The number of rotatable bonds is 0. The van der Waals surface area contributed by atoms with E-state index in [9.17, 15) is 9.59 Å². The predicted molar refractivity (Wildman–Crippen MR) is 72.2 cm³/mol. The molecule has 18 heavy (non-hydrogen) atoms. The molecule has 0 aromatic heterocycles. The van der Waals surface area contributed by atoms with Crippen molar-refractivity contribution in [2.45, 2.75) is 66.9 Å². The summed E-state index contributed by atoms with van der Waals surface area (Å²) in [7, 11) is 0. The molecule has 0 bridgehead atoms. The van der Waals surface area contributed by atoms with Gasteiger partial charge in [-0.3, -0.25) is 9.59 Å². The molecule has 0 saturated carbocycles. The number of esters is 2. The molecule has 0 spiro atoms. The quantitative estimate of drug-likeness (QED) is 0.627. The second-order valence-electron chi connectivity index (χ2n) is 5.05. The van der Waals surface area contributed by atoms with E-state index in [2.05, 4.69) is 6.92 Å². The summed E-state index contributed by atoms with van der Waals surface area (Å²) in [6.45, 7) is 6.55. The van der Waals surface area contributed by atoms with Crippen LogP contribution in [0, 0.1) is 5.92 Å². The van der Waals surface area contributed by atoms with Gasteiger partial charge in [-0.2, -0.15) is 0 Å². The number of carbonyl (C=O) groups is 2. The minimum atomic E-state index is -0.183. The van der Waals surface area contributed by atoms with Crippen molar-refractivity contribution >= 4 is 11.9 Å². The molecule has 4 heteroatoms. The Bertz CT molecular complexity index is 269. The van der Waals surface area contributed by atoms with Crippen LogP contribution in [-0.4, -0.2) is 24.1 Å². The van der Waals surface area contributed by atoms with Crippen molar-refractivity contribution in [1.82, 2.24) is 0 Å². The Hall–Kier alpha value is -1.06. The number of hydrogen-bond donors (Lipinski definition) is 0. The Morgan fingerprint density at radius 3 is 2.00 bits per heavy atom. The first-order valence-electron chi connectivity index (χ1n) is 5.76. The van der Waals surface area contributed by atoms with Crippen LogP contribution in [0.25, 0.3) is 0 Å². The van der Waals surface area contributed by atoms with Gasteiger partial charge in [-0.1, -0.05) is 21.8 Å². The van der Waals surface area contributed by atoms with Crippen molar-refractivity contribution in [1.29, 1.82) is 0 Å². The molecule has 0 amide bonds. The largest absolute Gasteiger partial charge is 0.466 e. The second-order valence-corrected chi connectivity index (χ2v) is 5.05. The summed E-state index contributed by atoms with van der Waals surface area (Å²) in [5, 5.41) is 0. The van der Waals surface area contributed by atoms with Crippen LogP contribution in [0.3, 0.4) is 0 Å². The summed E-state index contributed by atoms with van der Waals surface area (Å²) >= 11 is 0. The van der Waals surface area contributed by atoms with Crippen LogP contribution in [-0.2, 0) is 19.1 Å². The highest BCUT2D eigenvalue weighted by atomic mass is 16.6. The zero-order valence-corrected chi connectivity index (χ0v) is 10.2. The van der Waals surface area contributed by atoms with Crippen LogP contribution >= 0.6 is 0 Å². The van der Waals surface area contributed by atoms with Crippen LogP contribution < -0.4 is 0 Å². The van der Waals surface area contributed by atoms with E-state index in [-0.39, 0.29) is 32.4 Å². The van der Waals surface area contributed by atoms with Crippen molar-refractivity contribution in [3.63, 3.8) is 0 Å². The molecule has 4 nitrogen and oxygen atoms in total. The Kier molecular flexibility index (Phi) is 8.69. The van der Waals surface area contributed by atoms with Gasteiger partial charge in [-0.15, -0.1) is 0 Å². The minimum Gasteiger partial charge on any atom is -0.466 e. The molecule has 2 heterocycles. The van der Waals surface area contributed by atoms with Crippen LogP contribution in [0.4, 0.5) is 0 Å². The molecule has 0 aliphatic carbocycles. The standard InChI is InChI=1S/2C6H10O2.2CH4/c1-6(2)4-3-5(7)8-6;1-5-2-3-8-6(7)4-5;;/h3-4H2,1-2H3;5H,2-4H2,1H3;2*1H4. The normalized spacial score (nSPS) is 24.5. The predicted octanol–water partition coefficient (Wildman–Crippen LogP) is 3.33. The zero-order valence-electron chi connectivity index (χ0n) is 10.2.